The molecule has 0 radical (unpaired) electrons. The van der Waals surface area contributed by atoms with Gasteiger partial charge in [-0.05, 0) is 31.2 Å². The monoisotopic (exact) mass is 261 g/mol. The molecule has 0 aliphatic heterocycles. The Morgan fingerprint density at radius 1 is 1.11 bits per heavy atom. The first-order valence-corrected chi connectivity index (χ1v) is 5.60. The van der Waals surface area contributed by atoms with E-state index >= 15 is 0 Å². The van der Waals surface area contributed by atoms with Crippen LogP contribution in [0.3, 0.4) is 0 Å². The Hall–Kier alpha value is -2.50. The molecule has 1 amide bonds. The number of aliphatic carboxylic acids is 1. The van der Waals surface area contributed by atoms with E-state index in [1.54, 1.807) is 6.07 Å². The van der Waals surface area contributed by atoms with Crippen molar-refractivity contribution in [2.45, 2.75) is 20.8 Å². The molecular weight excluding hydrogens is 246 g/mol. The van der Waals surface area contributed by atoms with Gasteiger partial charge >= 0.3 is 0 Å². The SMILES string of the molecule is CC(=O)Nc1ccc2ccc(C)nc2n1.CC(=O)O. The molecule has 2 heterocycles. The zero-order valence-corrected chi connectivity index (χ0v) is 11.0. The third-order valence-corrected chi connectivity index (χ3v) is 2.00. The van der Waals surface area contributed by atoms with E-state index in [1.807, 2.05) is 25.1 Å². The van der Waals surface area contributed by atoms with Gasteiger partial charge in [-0.25, -0.2) is 9.97 Å². The molecular formula is C13H15N3O3. The van der Waals surface area contributed by atoms with Crippen LogP contribution in [0.15, 0.2) is 24.3 Å². The summed E-state index contributed by atoms with van der Waals surface area (Å²) in [7, 11) is 0. The smallest absolute Gasteiger partial charge is 0.300 e. The van der Waals surface area contributed by atoms with Gasteiger partial charge in [-0.3, -0.25) is 9.59 Å². The number of carbonyl (C=O) groups is 2. The third-order valence-electron chi connectivity index (χ3n) is 2.00. The summed E-state index contributed by atoms with van der Waals surface area (Å²) in [5, 5.41) is 11.0. The first-order chi connectivity index (χ1) is 8.88. The van der Waals surface area contributed by atoms with Crippen LogP contribution in [0.5, 0.6) is 0 Å². The molecule has 0 saturated carbocycles. The normalized spacial score (nSPS) is 9.42. The van der Waals surface area contributed by atoms with Crippen LogP contribution in [-0.2, 0) is 9.59 Å². The van der Waals surface area contributed by atoms with E-state index in [-0.39, 0.29) is 5.91 Å². The molecule has 19 heavy (non-hydrogen) atoms. The van der Waals surface area contributed by atoms with E-state index in [9.17, 15) is 4.79 Å². The van der Waals surface area contributed by atoms with Gasteiger partial charge in [0, 0.05) is 24.9 Å². The highest BCUT2D eigenvalue weighted by atomic mass is 16.4. The molecule has 2 aromatic rings. The molecule has 2 aromatic heterocycles. The van der Waals surface area contributed by atoms with Crippen molar-refractivity contribution in [1.82, 2.24) is 9.97 Å². The van der Waals surface area contributed by atoms with Gasteiger partial charge in [0.1, 0.15) is 5.82 Å². The fourth-order valence-corrected chi connectivity index (χ4v) is 1.34. The van der Waals surface area contributed by atoms with Gasteiger partial charge in [-0.15, -0.1) is 0 Å². The highest BCUT2D eigenvalue weighted by Gasteiger charge is 2.00. The number of aryl methyl sites for hydroxylation is 1. The molecule has 2 rings (SSSR count). The molecule has 0 aliphatic rings. The summed E-state index contributed by atoms with van der Waals surface area (Å²) in [6.45, 7) is 4.45. The Morgan fingerprint density at radius 3 is 2.26 bits per heavy atom. The Labute approximate surface area is 110 Å². The number of aromatic nitrogens is 2. The summed E-state index contributed by atoms with van der Waals surface area (Å²) in [4.78, 5) is 28.4. The molecule has 6 heteroatoms. The average molecular weight is 261 g/mol. The van der Waals surface area contributed by atoms with Crippen molar-refractivity contribution in [1.29, 1.82) is 0 Å². The number of hydrogen-bond acceptors (Lipinski definition) is 4. The van der Waals surface area contributed by atoms with Crippen LogP contribution in [0.2, 0.25) is 0 Å². The fraction of sp³-hybridized carbons (Fsp3) is 0.231. The lowest BCUT2D eigenvalue weighted by molar-refractivity contribution is -0.134. The number of pyridine rings is 2. The first kappa shape index (κ1) is 14.6. The van der Waals surface area contributed by atoms with Crippen molar-refractivity contribution >= 4 is 28.7 Å². The second-order valence-corrected chi connectivity index (χ2v) is 3.90. The summed E-state index contributed by atoms with van der Waals surface area (Å²) in [5.41, 5.74) is 1.57. The van der Waals surface area contributed by atoms with E-state index in [4.69, 9.17) is 9.90 Å². The van der Waals surface area contributed by atoms with Crippen molar-refractivity contribution in [2.24, 2.45) is 0 Å². The summed E-state index contributed by atoms with van der Waals surface area (Å²) in [6, 6.07) is 7.55. The molecule has 6 nitrogen and oxygen atoms in total. The van der Waals surface area contributed by atoms with Crippen molar-refractivity contribution in [3.05, 3.63) is 30.0 Å². The molecule has 0 spiro atoms. The van der Waals surface area contributed by atoms with Crippen LogP contribution in [0.4, 0.5) is 5.82 Å². The summed E-state index contributed by atoms with van der Waals surface area (Å²) >= 11 is 0. The number of hydrogen-bond donors (Lipinski definition) is 2. The predicted octanol–water partition coefficient (Wildman–Crippen LogP) is 1.99. The molecule has 0 atom stereocenters. The van der Waals surface area contributed by atoms with Gasteiger partial charge in [-0.2, -0.15) is 0 Å². The number of carbonyl (C=O) groups excluding carboxylic acids is 1. The molecule has 0 aliphatic carbocycles. The van der Waals surface area contributed by atoms with Gasteiger partial charge in [-0.1, -0.05) is 0 Å². The van der Waals surface area contributed by atoms with Crippen LogP contribution in [0.25, 0.3) is 11.0 Å². The van der Waals surface area contributed by atoms with E-state index < -0.39 is 5.97 Å². The topological polar surface area (TPSA) is 92.2 Å². The Balaban J connectivity index is 0.000000399. The van der Waals surface area contributed by atoms with Crippen molar-refractivity contribution in [3.63, 3.8) is 0 Å². The number of nitrogens with one attached hydrogen (secondary N) is 1. The van der Waals surface area contributed by atoms with Gasteiger partial charge < -0.3 is 10.4 Å². The zero-order chi connectivity index (χ0) is 14.4. The van der Waals surface area contributed by atoms with Crippen LogP contribution in [0, 0.1) is 6.92 Å². The van der Waals surface area contributed by atoms with Gasteiger partial charge in [0.05, 0.1) is 0 Å². The number of rotatable bonds is 1. The van der Waals surface area contributed by atoms with Crippen LogP contribution >= 0.6 is 0 Å². The minimum absolute atomic E-state index is 0.130. The average Bonchev–Trinajstić information content (AvgIpc) is 2.26. The number of anilines is 1. The fourth-order valence-electron chi connectivity index (χ4n) is 1.34. The van der Waals surface area contributed by atoms with E-state index in [1.165, 1.54) is 6.92 Å². The number of nitrogens with zero attached hydrogens (tertiary/aromatic N) is 2. The van der Waals surface area contributed by atoms with Gasteiger partial charge in [0.15, 0.2) is 5.65 Å². The standard InChI is InChI=1S/C11H11N3O.C2H4O2/c1-7-3-4-9-5-6-10(13-8(2)15)14-11(9)12-7;1-2(3)4/h3-6H,1-2H3,(H,12,13,14,15);1H3,(H,3,4). The number of carboxylic acids is 1. The lowest BCUT2D eigenvalue weighted by Gasteiger charge is -2.02. The largest absolute Gasteiger partial charge is 0.481 e. The van der Waals surface area contributed by atoms with Crippen molar-refractivity contribution < 1.29 is 14.7 Å². The molecule has 0 unspecified atom stereocenters. The lowest BCUT2D eigenvalue weighted by atomic mass is 10.2. The molecule has 0 saturated heterocycles. The molecule has 0 aromatic carbocycles. The van der Waals surface area contributed by atoms with Crippen LogP contribution in [0.1, 0.15) is 19.5 Å². The number of carboxylic acid groups (broad SMARTS) is 1. The van der Waals surface area contributed by atoms with E-state index in [0.29, 0.717) is 11.5 Å². The first-order valence-electron chi connectivity index (χ1n) is 5.60. The maximum atomic E-state index is 10.8. The summed E-state index contributed by atoms with van der Waals surface area (Å²) in [6.07, 6.45) is 0. The molecule has 100 valence electrons. The molecule has 0 fully saturated rings. The number of fused-ring (bicyclic) bond motifs is 1. The maximum Gasteiger partial charge on any atom is 0.300 e. The minimum atomic E-state index is -0.833. The zero-order valence-electron chi connectivity index (χ0n) is 11.0. The minimum Gasteiger partial charge on any atom is -0.481 e. The summed E-state index contributed by atoms with van der Waals surface area (Å²) < 4.78 is 0. The Morgan fingerprint density at radius 2 is 1.68 bits per heavy atom. The summed E-state index contributed by atoms with van der Waals surface area (Å²) in [5.74, 6) is -0.428. The van der Waals surface area contributed by atoms with E-state index in [0.717, 1.165) is 18.0 Å². The van der Waals surface area contributed by atoms with Crippen molar-refractivity contribution in [3.8, 4) is 0 Å². The van der Waals surface area contributed by atoms with Gasteiger partial charge in [0.25, 0.3) is 5.97 Å². The third kappa shape index (κ3) is 5.12. The highest BCUT2D eigenvalue weighted by Crippen LogP contribution is 2.13. The quantitative estimate of drug-likeness (QED) is 0.819. The second kappa shape index (κ2) is 6.44. The van der Waals surface area contributed by atoms with E-state index in [2.05, 4.69) is 15.3 Å². The molecule has 2 N–H and O–H groups in total. The van der Waals surface area contributed by atoms with Crippen LogP contribution < -0.4 is 5.32 Å². The Bertz CT molecular complexity index is 607. The Kier molecular flexibility index (Phi) is 4.93. The predicted molar refractivity (Wildman–Crippen MR) is 71.9 cm³/mol. The van der Waals surface area contributed by atoms with Crippen molar-refractivity contribution in [2.75, 3.05) is 5.32 Å². The second-order valence-electron chi connectivity index (χ2n) is 3.90. The highest BCUT2D eigenvalue weighted by molar-refractivity contribution is 5.89. The van der Waals surface area contributed by atoms with Crippen LogP contribution in [-0.4, -0.2) is 27.0 Å². The van der Waals surface area contributed by atoms with Gasteiger partial charge in [0.2, 0.25) is 5.91 Å². The lowest BCUT2D eigenvalue weighted by Crippen LogP contribution is -2.07. The molecule has 0 bridgehead atoms. The number of amides is 1. The maximum absolute atomic E-state index is 10.8.